The average Bonchev–Trinajstić information content (AvgIpc) is 3.13. The molecule has 2 rings (SSSR count). The molecule has 0 unspecified atom stereocenters. The summed E-state index contributed by atoms with van der Waals surface area (Å²) >= 11 is 1.44. The normalized spacial score (nSPS) is 12.0. The molecule has 0 radical (unpaired) electrons. The van der Waals surface area contributed by atoms with Gasteiger partial charge in [0.05, 0.1) is 0 Å². The van der Waals surface area contributed by atoms with E-state index in [2.05, 4.69) is 24.3 Å². The molecule has 2 aromatic rings. The van der Waals surface area contributed by atoms with Gasteiger partial charge in [-0.1, -0.05) is 25.4 Å². The van der Waals surface area contributed by atoms with Crippen LogP contribution in [0.3, 0.4) is 0 Å². The largest absolute Gasteiger partial charge is 0.448 e. The lowest BCUT2D eigenvalue weighted by Crippen LogP contribution is -2.29. The van der Waals surface area contributed by atoms with Crippen LogP contribution in [0.5, 0.6) is 0 Å². The molecule has 0 saturated heterocycles. The Balaban J connectivity index is 1.99. The van der Waals surface area contributed by atoms with E-state index < -0.39 is 18.0 Å². The number of aryl methyl sites for hydroxylation is 3. The molecule has 0 saturated carbocycles. The molecule has 0 aliphatic rings. The Labute approximate surface area is 145 Å². The highest BCUT2D eigenvalue weighted by atomic mass is 32.1. The van der Waals surface area contributed by atoms with Crippen molar-refractivity contribution in [1.82, 2.24) is 5.16 Å². The number of thiophene rings is 1. The average molecular weight is 350 g/mol. The number of carbonyl (C=O) groups is 2. The van der Waals surface area contributed by atoms with Crippen molar-refractivity contribution in [3.05, 3.63) is 33.2 Å². The van der Waals surface area contributed by atoms with Crippen LogP contribution in [0.15, 0.2) is 16.7 Å². The molecule has 0 spiro atoms. The Morgan fingerprint density at radius 2 is 2.12 bits per heavy atom. The Kier molecular flexibility index (Phi) is 6.14. The number of nitrogens with zero attached hydrogens (tertiary/aromatic N) is 1. The van der Waals surface area contributed by atoms with Gasteiger partial charge in [-0.3, -0.25) is 4.79 Å². The van der Waals surface area contributed by atoms with Crippen LogP contribution in [-0.4, -0.2) is 23.1 Å². The van der Waals surface area contributed by atoms with Gasteiger partial charge in [0, 0.05) is 10.9 Å². The summed E-state index contributed by atoms with van der Waals surface area (Å²) in [6.45, 7) is 7.42. The van der Waals surface area contributed by atoms with E-state index in [4.69, 9.17) is 9.26 Å². The molecule has 2 heterocycles. The molecule has 1 amide bonds. The molecule has 0 aliphatic carbocycles. The van der Waals surface area contributed by atoms with E-state index in [1.54, 1.807) is 13.0 Å². The third-order valence-corrected chi connectivity index (χ3v) is 4.71. The summed E-state index contributed by atoms with van der Waals surface area (Å²) in [6.07, 6.45) is 1.93. The number of rotatable bonds is 7. The van der Waals surface area contributed by atoms with E-state index in [1.807, 2.05) is 6.07 Å². The van der Waals surface area contributed by atoms with E-state index in [1.165, 1.54) is 28.7 Å². The molecule has 130 valence electrons. The maximum atomic E-state index is 12.3. The zero-order chi connectivity index (χ0) is 17.7. The van der Waals surface area contributed by atoms with Gasteiger partial charge in [0.15, 0.2) is 11.9 Å². The summed E-state index contributed by atoms with van der Waals surface area (Å²) in [6, 6.07) is 3.46. The van der Waals surface area contributed by atoms with Gasteiger partial charge in [0.2, 0.25) is 0 Å². The van der Waals surface area contributed by atoms with Crippen molar-refractivity contribution in [2.75, 3.05) is 5.32 Å². The summed E-state index contributed by atoms with van der Waals surface area (Å²) in [5.74, 6) is -0.0344. The number of aromatic nitrogens is 1. The molecule has 24 heavy (non-hydrogen) atoms. The van der Waals surface area contributed by atoms with Crippen molar-refractivity contribution in [1.29, 1.82) is 0 Å². The molecule has 1 N–H and O–H groups in total. The molecule has 6 nitrogen and oxygen atoms in total. The van der Waals surface area contributed by atoms with E-state index in [0.29, 0.717) is 16.5 Å². The monoisotopic (exact) mass is 350 g/mol. The van der Waals surface area contributed by atoms with Crippen LogP contribution in [0.2, 0.25) is 0 Å². The van der Waals surface area contributed by atoms with E-state index >= 15 is 0 Å². The number of hydrogen-bond acceptors (Lipinski definition) is 6. The van der Waals surface area contributed by atoms with Crippen molar-refractivity contribution in [3.8, 4) is 0 Å². The number of nitrogens with one attached hydrogen (secondary N) is 1. The minimum absolute atomic E-state index is 0.301. The smallest absolute Gasteiger partial charge is 0.349 e. The van der Waals surface area contributed by atoms with Gasteiger partial charge in [-0.05, 0) is 38.3 Å². The SMILES string of the molecule is CCCc1sc(C(=O)O[C@H](C)C(=O)Nc2cc(C)on2)cc1CC. The van der Waals surface area contributed by atoms with Gasteiger partial charge in [0.25, 0.3) is 5.91 Å². The zero-order valence-electron chi connectivity index (χ0n) is 14.3. The Hall–Kier alpha value is -2.15. The van der Waals surface area contributed by atoms with E-state index in [-0.39, 0.29) is 0 Å². The Bertz CT molecular complexity index is 720. The molecule has 2 aromatic heterocycles. The van der Waals surface area contributed by atoms with E-state index in [0.717, 1.165) is 19.3 Å². The third kappa shape index (κ3) is 4.44. The lowest BCUT2D eigenvalue weighted by molar-refractivity contribution is -0.123. The van der Waals surface area contributed by atoms with Crippen molar-refractivity contribution in [3.63, 3.8) is 0 Å². The maximum Gasteiger partial charge on any atom is 0.349 e. The second-order valence-corrected chi connectivity index (χ2v) is 6.66. The van der Waals surface area contributed by atoms with Gasteiger partial charge >= 0.3 is 5.97 Å². The minimum atomic E-state index is -0.920. The summed E-state index contributed by atoms with van der Waals surface area (Å²) in [5.41, 5.74) is 1.17. The highest BCUT2D eigenvalue weighted by Gasteiger charge is 2.22. The first-order valence-electron chi connectivity index (χ1n) is 8.01. The minimum Gasteiger partial charge on any atom is -0.448 e. The van der Waals surface area contributed by atoms with Crippen LogP contribution in [0.25, 0.3) is 0 Å². The number of ether oxygens (including phenoxy) is 1. The van der Waals surface area contributed by atoms with Gasteiger partial charge in [0.1, 0.15) is 10.6 Å². The number of anilines is 1. The number of esters is 1. The third-order valence-electron chi connectivity index (χ3n) is 3.49. The second kappa shape index (κ2) is 8.10. The quantitative estimate of drug-likeness (QED) is 0.769. The van der Waals surface area contributed by atoms with Crippen LogP contribution in [0.4, 0.5) is 5.82 Å². The van der Waals surface area contributed by atoms with Crippen molar-refractivity contribution < 1.29 is 18.8 Å². The molecular weight excluding hydrogens is 328 g/mol. The lowest BCUT2D eigenvalue weighted by Gasteiger charge is -2.11. The fourth-order valence-corrected chi connectivity index (χ4v) is 3.47. The maximum absolute atomic E-state index is 12.3. The van der Waals surface area contributed by atoms with Gasteiger partial charge < -0.3 is 14.6 Å². The highest BCUT2D eigenvalue weighted by molar-refractivity contribution is 7.14. The molecule has 7 heteroatoms. The van der Waals surface area contributed by atoms with Gasteiger partial charge in [-0.25, -0.2) is 4.79 Å². The predicted octanol–water partition coefficient (Wildman–Crippen LogP) is 3.74. The van der Waals surface area contributed by atoms with Crippen LogP contribution < -0.4 is 5.32 Å². The number of hydrogen-bond donors (Lipinski definition) is 1. The number of amides is 1. The molecule has 0 bridgehead atoms. The second-order valence-electron chi connectivity index (χ2n) is 5.52. The molecular formula is C17H22N2O4S. The first-order chi connectivity index (χ1) is 11.4. The van der Waals surface area contributed by atoms with Crippen LogP contribution in [0, 0.1) is 6.92 Å². The summed E-state index contributed by atoms with van der Waals surface area (Å²) in [4.78, 5) is 26.1. The summed E-state index contributed by atoms with van der Waals surface area (Å²) < 4.78 is 10.1. The van der Waals surface area contributed by atoms with Crippen molar-refractivity contribution in [2.45, 2.75) is 53.1 Å². The molecule has 0 aliphatic heterocycles. The van der Waals surface area contributed by atoms with Crippen LogP contribution >= 0.6 is 11.3 Å². The Morgan fingerprint density at radius 1 is 1.38 bits per heavy atom. The zero-order valence-corrected chi connectivity index (χ0v) is 15.2. The molecule has 1 atom stereocenters. The van der Waals surface area contributed by atoms with Crippen LogP contribution in [0.1, 0.15) is 53.1 Å². The fraction of sp³-hybridized carbons (Fsp3) is 0.471. The van der Waals surface area contributed by atoms with Crippen molar-refractivity contribution in [2.24, 2.45) is 0 Å². The lowest BCUT2D eigenvalue weighted by atomic mass is 10.1. The van der Waals surface area contributed by atoms with E-state index in [9.17, 15) is 9.59 Å². The van der Waals surface area contributed by atoms with Gasteiger partial charge in [-0.2, -0.15) is 0 Å². The standard InChI is InChI=1S/C17H22N2O4S/c1-5-7-13-12(6-2)9-14(24-13)17(21)22-11(4)16(20)18-15-8-10(3)23-19-15/h8-9,11H,5-7H2,1-4H3,(H,18,19,20)/t11-/m1/s1. The molecule has 0 fully saturated rings. The number of carbonyl (C=O) groups excluding carboxylic acids is 2. The first kappa shape index (κ1) is 18.2. The summed E-state index contributed by atoms with van der Waals surface area (Å²) in [7, 11) is 0. The Morgan fingerprint density at radius 3 is 2.71 bits per heavy atom. The van der Waals surface area contributed by atoms with Gasteiger partial charge in [-0.15, -0.1) is 11.3 Å². The highest BCUT2D eigenvalue weighted by Crippen LogP contribution is 2.25. The summed E-state index contributed by atoms with van der Waals surface area (Å²) in [5, 5.41) is 6.23. The first-order valence-corrected chi connectivity index (χ1v) is 8.83. The fourth-order valence-electron chi connectivity index (χ4n) is 2.23. The molecule has 0 aromatic carbocycles. The predicted molar refractivity (Wildman–Crippen MR) is 92.4 cm³/mol. The van der Waals surface area contributed by atoms with Crippen LogP contribution in [-0.2, 0) is 22.4 Å². The topological polar surface area (TPSA) is 81.4 Å². The van der Waals surface area contributed by atoms with Crippen molar-refractivity contribution >= 4 is 29.0 Å².